The Morgan fingerprint density at radius 2 is 1.93 bits per heavy atom. The Hall–Kier alpha value is -2.66. The molecule has 0 aliphatic heterocycles. The van der Waals surface area contributed by atoms with Crippen molar-refractivity contribution in [3.63, 3.8) is 0 Å². The molecule has 1 unspecified atom stereocenters. The maximum atomic E-state index is 13.4. The number of aromatic nitrogens is 2. The molecule has 0 N–H and O–H groups in total. The van der Waals surface area contributed by atoms with Crippen molar-refractivity contribution in [2.45, 2.75) is 46.1 Å². The van der Waals surface area contributed by atoms with E-state index in [0.717, 1.165) is 12.8 Å². The Kier molecular flexibility index (Phi) is 6.70. The summed E-state index contributed by atoms with van der Waals surface area (Å²) in [7, 11) is 0. The minimum absolute atomic E-state index is 0.0712. The number of carbonyl (C=O) groups is 1. The molecular weight excluding hydrogens is 386 g/mol. The van der Waals surface area contributed by atoms with E-state index in [0.29, 0.717) is 40.4 Å². The molecule has 6 heteroatoms. The summed E-state index contributed by atoms with van der Waals surface area (Å²) in [5.41, 5.74) is 1.09. The molecule has 2 aromatic carbocycles. The molecule has 0 aliphatic rings. The number of amides is 1. The summed E-state index contributed by atoms with van der Waals surface area (Å²) in [6.07, 6.45) is 2.29. The van der Waals surface area contributed by atoms with E-state index < -0.39 is 0 Å². The zero-order valence-corrected chi connectivity index (χ0v) is 17.8. The first-order valence-corrected chi connectivity index (χ1v) is 10.4. The molecule has 0 aliphatic carbocycles. The first-order valence-electron chi connectivity index (χ1n) is 10.0. The van der Waals surface area contributed by atoms with Crippen LogP contribution in [-0.4, -0.2) is 26.9 Å². The van der Waals surface area contributed by atoms with Crippen molar-refractivity contribution in [3.05, 3.63) is 69.7 Å². The van der Waals surface area contributed by atoms with E-state index in [1.165, 1.54) is 0 Å². The van der Waals surface area contributed by atoms with Gasteiger partial charge in [0.05, 0.1) is 22.6 Å². The van der Waals surface area contributed by atoms with E-state index in [4.69, 9.17) is 16.6 Å². The van der Waals surface area contributed by atoms with E-state index in [1.807, 2.05) is 38.1 Å². The largest absolute Gasteiger partial charge is 0.333 e. The molecule has 1 amide bonds. The average Bonchev–Trinajstić information content (AvgIpc) is 2.72. The molecule has 3 aromatic rings. The minimum atomic E-state index is -0.361. The summed E-state index contributed by atoms with van der Waals surface area (Å²) >= 11 is 6.19. The van der Waals surface area contributed by atoms with Gasteiger partial charge in [0.25, 0.3) is 5.56 Å². The van der Waals surface area contributed by atoms with Crippen LogP contribution >= 0.6 is 11.6 Å². The summed E-state index contributed by atoms with van der Waals surface area (Å²) in [4.78, 5) is 32.8. The van der Waals surface area contributed by atoms with Crippen molar-refractivity contribution in [1.29, 1.82) is 0 Å². The zero-order chi connectivity index (χ0) is 21.0. The number of unbranched alkanes of at least 4 members (excludes halogenated alkanes) is 1. The van der Waals surface area contributed by atoms with Gasteiger partial charge in [0.2, 0.25) is 5.91 Å². The van der Waals surface area contributed by atoms with E-state index in [9.17, 15) is 9.59 Å². The molecular formula is C23H26ClN3O2. The quantitative estimate of drug-likeness (QED) is 0.541. The van der Waals surface area contributed by atoms with Crippen LogP contribution in [0.2, 0.25) is 5.02 Å². The van der Waals surface area contributed by atoms with Crippen molar-refractivity contribution in [2.24, 2.45) is 0 Å². The van der Waals surface area contributed by atoms with Gasteiger partial charge in [0.15, 0.2) is 0 Å². The maximum Gasteiger partial charge on any atom is 0.266 e. The highest BCUT2D eigenvalue weighted by atomic mass is 35.5. The van der Waals surface area contributed by atoms with E-state index >= 15 is 0 Å². The molecule has 0 saturated heterocycles. The van der Waals surface area contributed by atoms with Gasteiger partial charge in [0, 0.05) is 18.0 Å². The van der Waals surface area contributed by atoms with Crippen LogP contribution in [0.3, 0.4) is 0 Å². The standard InChI is InChI=1S/C23H26ClN3O2/c1-4-6-14-21(28)26(5-2)16(3)22-25-20-13-8-7-12-19(20)23(29)27(22)18-11-9-10-17(24)15-18/h7-13,15-16H,4-6,14H2,1-3H3. The Morgan fingerprint density at radius 3 is 2.62 bits per heavy atom. The summed E-state index contributed by atoms with van der Waals surface area (Å²) < 4.78 is 1.58. The summed E-state index contributed by atoms with van der Waals surface area (Å²) in [6, 6.07) is 14.0. The van der Waals surface area contributed by atoms with E-state index in [2.05, 4.69) is 6.92 Å². The number of nitrogens with zero attached hydrogens (tertiary/aromatic N) is 3. The highest BCUT2D eigenvalue weighted by molar-refractivity contribution is 6.30. The van der Waals surface area contributed by atoms with Crippen molar-refractivity contribution >= 4 is 28.4 Å². The smallest absolute Gasteiger partial charge is 0.266 e. The van der Waals surface area contributed by atoms with Crippen LogP contribution < -0.4 is 5.56 Å². The fraction of sp³-hybridized carbons (Fsp3) is 0.348. The lowest BCUT2D eigenvalue weighted by Gasteiger charge is -2.29. The van der Waals surface area contributed by atoms with Gasteiger partial charge in [-0.05, 0) is 50.6 Å². The average molecular weight is 412 g/mol. The van der Waals surface area contributed by atoms with Crippen LogP contribution in [0.5, 0.6) is 0 Å². The van der Waals surface area contributed by atoms with Crippen LogP contribution in [-0.2, 0) is 4.79 Å². The fourth-order valence-corrected chi connectivity index (χ4v) is 3.76. The molecule has 0 bridgehead atoms. The minimum Gasteiger partial charge on any atom is -0.333 e. The highest BCUT2D eigenvalue weighted by Crippen LogP contribution is 2.24. The molecule has 1 atom stereocenters. The lowest BCUT2D eigenvalue weighted by molar-refractivity contribution is -0.133. The summed E-state index contributed by atoms with van der Waals surface area (Å²) in [5.74, 6) is 0.601. The lowest BCUT2D eigenvalue weighted by atomic mass is 10.1. The highest BCUT2D eigenvalue weighted by Gasteiger charge is 2.25. The van der Waals surface area contributed by atoms with E-state index in [-0.39, 0.29) is 17.5 Å². The maximum absolute atomic E-state index is 13.4. The number of benzene rings is 2. The van der Waals surface area contributed by atoms with Crippen LogP contribution in [0.25, 0.3) is 16.6 Å². The number of hydrogen-bond acceptors (Lipinski definition) is 3. The number of carbonyl (C=O) groups excluding carboxylic acids is 1. The van der Waals surface area contributed by atoms with E-state index in [1.54, 1.807) is 33.7 Å². The van der Waals surface area contributed by atoms with Crippen molar-refractivity contribution in [2.75, 3.05) is 6.54 Å². The van der Waals surface area contributed by atoms with Gasteiger partial charge in [-0.3, -0.25) is 14.2 Å². The van der Waals surface area contributed by atoms with Crippen molar-refractivity contribution < 1.29 is 4.79 Å². The van der Waals surface area contributed by atoms with Gasteiger partial charge in [0.1, 0.15) is 5.82 Å². The molecule has 1 aromatic heterocycles. The number of para-hydroxylation sites is 1. The number of hydrogen-bond donors (Lipinski definition) is 0. The Balaban J connectivity index is 2.21. The van der Waals surface area contributed by atoms with Gasteiger partial charge in [-0.25, -0.2) is 4.98 Å². The normalized spacial score (nSPS) is 12.1. The van der Waals surface area contributed by atoms with Crippen LogP contribution in [0.4, 0.5) is 0 Å². The van der Waals surface area contributed by atoms with Gasteiger partial charge in [-0.15, -0.1) is 0 Å². The molecule has 0 fully saturated rings. The number of halogens is 1. The predicted octanol–water partition coefficient (Wildman–Crippen LogP) is 5.14. The Labute approximate surface area is 175 Å². The first kappa shape index (κ1) is 21.1. The SMILES string of the molecule is CCCCC(=O)N(CC)C(C)c1nc2ccccc2c(=O)n1-c1cccc(Cl)c1. The van der Waals surface area contributed by atoms with Gasteiger partial charge in [-0.2, -0.15) is 0 Å². The number of rotatable bonds is 7. The third-order valence-electron chi connectivity index (χ3n) is 5.11. The third kappa shape index (κ3) is 4.35. The summed E-state index contributed by atoms with van der Waals surface area (Å²) in [6.45, 7) is 6.48. The Bertz CT molecular complexity index is 1080. The molecule has 1 heterocycles. The van der Waals surface area contributed by atoms with Gasteiger partial charge in [-0.1, -0.05) is 43.1 Å². The second-order valence-corrected chi connectivity index (χ2v) is 7.50. The van der Waals surface area contributed by atoms with Crippen molar-refractivity contribution in [3.8, 4) is 5.69 Å². The third-order valence-corrected chi connectivity index (χ3v) is 5.35. The second kappa shape index (κ2) is 9.23. The Morgan fingerprint density at radius 1 is 1.17 bits per heavy atom. The topological polar surface area (TPSA) is 55.2 Å². The second-order valence-electron chi connectivity index (χ2n) is 7.07. The fourth-order valence-electron chi connectivity index (χ4n) is 3.57. The van der Waals surface area contributed by atoms with Crippen LogP contribution in [0.15, 0.2) is 53.3 Å². The first-order chi connectivity index (χ1) is 14.0. The monoisotopic (exact) mass is 411 g/mol. The van der Waals surface area contributed by atoms with Crippen LogP contribution in [0, 0.1) is 0 Å². The molecule has 3 rings (SSSR count). The van der Waals surface area contributed by atoms with Gasteiger partial charge >= 0.3 is 0 Å². The molecule has 0 radical (unpaired) electrons. The number of fused-ring (bicyclic) bond motifs is 1. The predicted molar refractivity (Wildman–Crippen MR) is 118 cm³/mol. The molecule has 0 spiro atoms. The zero-order valence-electron chi connectivity index (χ0n) is 17.1. The molecule has 29 heavy (non-hydrogen) atoms. The molecule has 5 nitrogen and oxygen atoms in total. The van der Waals surface area contributed by atoms with Crippen molar-refractivity contribution in [1.82, 2.24) is 14.5 Å². The van der Waals surface area contributed by atoms with Gasteiger partial charge < -0.3 is 4.90 Å². The summed E-state index contributed by atoms with van der Waals surface area (Å²) in [5, 5.41) is 1.07. The van der Waals surface area contributed by atoms with Crippen LogP contribution in [0.1, 0.15) is 51.9 Å². The lowest BCUT2D eigenvalue weighted by Crippen LogP contribution is -2.37. The molecule has 0 saturated carbocycles. The molecule has 152 valence electrons.